The molecule has 6 heteroatoms. The van der Waals surface area contributed by atoms with Gasteiger partial charge in [0.1, 0.15) is 0 Å². The molecule has 0 radical (unpaired) electrons. The summed E-state index contributed by atoms with van der Waals surface area (Å²) >= 11 is 1.46. The average molecular weight is 333 g/mol. The summed E-state index contributed by atoms with van der Waals surface area (Å²) in [6.45, 7) is 5.24. The highest BCUT2D eigenvalue weighted by atomic mass is 32.2. The van der Waals surface area contributed by atoms with Gasteiger partial charge in [0.05, 0.1) is 10.9 Å². The van der Waals surface area contributed by atoms with E-state index in [4.69, 9.17) is 4.74 Å². The van der Waals surface area contributed by atoms with Crippen LogP contribution in [0, 0.1) is 6.92 Å². The molecule has 0 spiro atoms. The fourth-order valence-electron chi connectivity index (χ4n) is 2.18. The van der Waals surface area contributed by atoms with Crippen molar-refractivity contribution in [1.82, 2.24) is 14.9 Å². The number of nitrogens with zero attached hydrogens (tertiary/aromatic N) is 2. The lowest BCUT2D eigenvalue weighted by molar-refractivity contribution is -0.120. The molecule has 0 saturated heterocycles. The normalized spacial score (nSPS) is 12.1. The number of hydrogen-bond acceptors (Lipinski definition) is 4. The van der Waals surface area contributed by atoms with Crippen LogP contribution in [0.2, 0.25) is 0 Å². The van der Waals surface area contributed by atoms with E-state index in [2.05, 4.69) is 29.4 Å². The molecule has 1 aromatic heterocycles. The van der Waals surface area contributed by atoms with Crippen molar-refractivity contribution < 1.29 is 9.53 Å². The number of carbonyl (C=O) groups excluding carboxylic acids is 1. The van der Waals surface area contributed by atoms with Crippen molar-refractivity contribution in [2.24, 2.45) is 0 Å². The Kier molecular flexibility index (Phi) is 6.67. The molecule has 0 aliphatic heterocycles. The summed E-state index contributed by atoms with van der Waals surface area (Å²) < 4.78 is 7.00. The smallest absolute Gasteiger partial charge is 0.233 e. The molecule has 1 heterocycles. The minimum absolute atomic E-state index is 0.0189. The molecule has 23 heavy (non-hydrogen) atoms. The van der Waals surface area contributed by atoms with E-state index in [-0.39, 0.29) is 11.2 Å². The molecule has 5 nitrogen and oxygen atoms in total. The van der Waals surface area contributed by atoms with Gasteiger partial charge in [0, 0.05) is 32.7 Å². The molecule has 0 bridgehead atoms. The SMILES string of the molecule is COCCCNC(=O)C(C)Sc1nccn1-c1ccccc1C. The highest BCUT2D eigenvalue weighted by molar-refractivity contribution is 8.00. The maximum absolute atomic E-state index is 12.1. The molecule has 0 aliphatic carbocycles. The van der Waals surface area contributed by atoms with Gasteiger partial charge in [-0.25, -0.2) is 4.98 Å². The van der Waals surface area contributed by atoms with Crippen LogP contribution in [0.25, 0.3) is 5.69 Å². The quantitative estimate of drug-likeness (QED) is 0.596. The molecule has 1 amide bonds. The number of carbonyl (C=O) groups is 1. The number of para-hydroxylation sites is 1. The van der Waals surface area contributed by atoms with Crippen LogP contribution in [0.5, 0.6) is 0 Å². The standard InChI is InChI=1S/C17H23N3O2S/c1-13-7-4-5-8-15(13)20-11-10-19-17(20)23-14(2)16(21)18-9-6-12-22-3/h4-5,7-8,10-11,14H,6,9,12H2,1-3H3,(H,18,21). The second-order valence-electron chi connectivity index (χ2n) is 5.26. The van der Waals surface area contributed by atoms with Crippen LogP contribution >= 0.6 is 11.8 Å². The van der Waals surface area contributed by atoms with E-state index >= 15 is 0 Å². The Labute approximate surface area is 141 Å². The summed E-state index contributed by atoms with van der Waals surface area (Å²) in [6, 6.07) is 8.13. The number of nitrogens with one attached hydrogen (secondary N) is 1. The first-order chi connectivity index (χ1) is 11.1. The van der Waals surface area contributed by atoms with E-state index < -0.39 is 0 Å². The molecular weight excluding hydrogens is 310 g/mol. The van der Waals surface area contributed by atoms with Crippen molar-refractivity contribution in [2.75, 3.05) is 20.3 Å². The van der Waals surface area contributed by atoms with Crippen molar-refractivity contribution in [3.63, 3.8) is 0 Å². The number of methoxy groups -OCH3 is 1. The number of thioether (sulfide) groups is 1. The zero-order valence-electron chi connectivity index (χ0n) is 13.8. The van der Waals surface area contributed by atoms with Gasteiger partial charge in [-0.1, -0.05) is 30.0 Å². The third-order valence-electron chi connectivity index (χ3n) is 3.46. The molecule has 0 saturated carbocycles. The minimum atomic E-state index is -0.206. The lowest BCUT2D eigenvalue weighted by atomic mass is 10.2. The maximum atomic E-state index is 12.1. The van der Waals surface area contributed by atoms with Gasteiger partial charge >= 0.3 is 0 Å². The number of rotatable bonds is 8. The first-order valence-corrected chi connectivity index (χ1v) is 8.54. The molecule has 1 unspecified atom stereocenters. The first kappa shape index (κ1) is 17.6. The Hall–Kier alpha value is -1.79. The van der Waals surface area contributed by atoms with E-state index in [0.717, 1.165) is 17.3 Å². The Morgan fingerprint density at radius 3 is 2.96 bits per heavy atom. The van der Waals surface area contributed by atoms with Crippen molar-refractivity contribution in [2.45, 2.75) is 30.7 Å². The van der Waals surface area contributed by atoms with Crippen molar-refractivity contribution in [1.29, 1.82) is 0 Å². The van der Waals surface area contributed by atoms with Crippen molar-refractivity contribution in [3.8, 4) is 5.69 Å². The number of aryl methyl sites for hydroxylation is 1. The van der Waals surface area contributed by atoms with Gasteiger partial charge in [0.2, 0.25) is 5.91 Å². The molecule has 0 fully saturated rings. The fourth-order valence-corrected chi connectivity index (χ4v) is 3.08. The highest BCUT2D eigenvalue weighted by Gasteiger charge is 2.17. The molecule has 1 atom stereocenters. The van der Waals surface area contributed by atoms with Gasteiger partial charge in [-0.15, -0.1) is 0 Å². The summed E-state index contributed by atoms with van der Waals surface area (Å²) in [5.41, 5.74) is 2.25. The molecule has 0 aliphatic rings. The largest absolute Gasteiger partial charge is 0.385 e. The summed E-state index contributed by atoms with van der Waals surface area (Å²) in [7, 11) is 1.66. The van der Waals surface area contributed by atoms with Gasteiger partial charge in [-0.2, -0.15) is 0 Å². The van der Waals surface area contributed by atoms with Gasteiger partial charge < -0.3 is 10.1 Å². The number of aromatic nitrogens is 2. The van der Waals surface area contributed by atoms with Crippen molar-refractivity contribution >= 4 is 17.7 Å². The lowest BCUT2D eigenvalue weighted by Crippen LogP contribution is -2.32. The van der Waals surface area contributed by atoms with E-state index in [1.807, 2.05) is 29.8 Å². The number of imidazole rings is 1. The Morgan fingerprint density at radius 1 is 1.43 bits per heavy atom. The van der Waals surface area contributed by atoms with Gasteiger partial charge in [0.15, 0.2) is 5.16 Å². The predicted octanol–water partition coefficient (Wildman–Crippen LogP) is 2.81. The Balaban J connectivity index is 2.00. The number of benzene rings is 1. The summed E-state index contributed by atoms with van der Waals surface area (Å²) in [5, 5.41) is 3.54. The van der Waals surface area contributed by atoms with Gasteiger partial charge in [0.25, 0.3) is 0 Å². The zero-order valence-corrected chi connectivity index (χ0v) is 14.6. The first-order valence-electron chi connectivity index (χ1n) is 7.66. The summed E-state index contributed by atoms with van der Waals surface area (Å²) in [6.07, 6.45) is 4.50. The third-order valence-corrected chi connectivity index (χ3v) is 4.54. The van der Waals surface area contributed by atoms with Crippen LogP contribution in [-0.2, 0) is 9.53 Å². The van der Waals surface area contributed by atoms with Gasteiger partial charge in [-0.05, 0) is 31.9 Å². The molecular formula is C17H23N3O2S. The minimum Gasteiger partial charge on any atom is -0.385 e. The monoisotopic (exact) mass is 333 g/mol. The predicted molar refractivity (Wildman–Crippen MR) is 93.1 cm³/mol. The summed E-state index contributed by atoms with van der Waals surface area (Å²) in [5.74, 6) is 0.0189. The average Bonchev–Trinajstić information content (AvgIpc) is 2.99. The molecule has 1 N–H and O–H groups in total. The van der Waals surface area contributed by atoms with Crippen LogP contribution in [-0.4, -0.2) is 41.0 Å². The third kappa shape index (κ3) is 4.84. The van der Waals surface area contributed by atoms with Crippen LogP contribution in [0.1, 0.15) is 18.9 Å². The molecule has 2 aromatic rings. The van der Waals surface area contributed by atoms with E-state index in [1.165, 1.54) is 17.3 Å². The Morgan fingerprint density at radius 2 is 2.22 bits per heavy atom. The molecule has 2 rings (SSSR count). The van der Waals surface area contributed by atoms with Crippen LogP contribution in [0.4, 0.5) is 0 Å². The van der Waals surface area contributed by atoms with E-state index in [0.29, 0.717) is 13.2 Å². The zero-order chi connectivity index (χ0) is 16.7. The van der Waals surface area contributed by atoms with Gasteiger partial charge in [-0.3, -0.25) is 9.36 Å². The number of amides is 1. The number of ether oxygens (including phenoxy) is 1. The van der Waals surface area contributed by atoms with Crippen LogP contribution < -0.4 is 5.32 Å². The topological polar surface area (TPSA) is 56.1 Å². The van der Waals surface area contributed by atoms with Crippen LogP contribution in [0.3, 0.4) is 0 Å². The second-order valence-corrected chi connectivity index (χ2v) is 6.57. The highest BCUT2D eigenvalue weighted by Crippen LogP contribution is 2.25. The Bertz CT molecular complexity index is 642. The van der Waals surface area contributed by atoms with Crippen molar-refractivity contribution in [3.05, 3.63) is 42.2 Å². The fraction of sp³-hybridized carbons (Fsp3) is 0.412. The summed E-state index contributed by atoms with van der Waals surface area (Å²) in [4.78, 5) is 16.5. The van der Waals surface area contributed by atoms with E-state index in [1.54, 1.807) is 13.3 Å². The lowest BCUT2D eigenvalue weighted by Gasteiger charge is -2.14. The van der Waals surface area contributed by atoms with E-state index in [9.17, 15) is 4.79 Å². The molecule has 1 aromatic carbocycles. The number of hydrogen-bond donors (Lipinski definition) is 1. The van der Waals surface area contributed by atoms with Crippen LogP contribution in [0.15, 0.2) is 41.8 Å². The second kappa shape index (κ2) is 8.74. The maximum Gasteiger partial charge on any atom is 0.233 e. The molecule has 124 valence electrons.